The van der Waals surface area contributed by atoms with Gasteiger partial charge in [0.05, 0.1) is 18.4 Å². The highest BCUT2D eigenvalue weighted by atomic mass is 16.5. The van der Waals surface area contributed by atoms with Crippen LogP contribution in [0.4, 0.5) is 0 Å². The lowest BCUT2D eigenvalue weighted by molar-refractivity contribution is -0.151. The molecule has 0 aromatic carbocycles. The van der Waals surface area contributed by atoms with Gasteiger partial charge >= 0.3 is 5.97 Å². The molecule has 0 bridgehead atoms. The Labute approximate surface area is 136 Å². The third-order valence-electron chi connectivity index (χ3n) is 4.39. The van der Waals surface area contributed by atoms with Crippen LogP contribution in [0.1, 0.15) is 36.3 Å². The molecule has 2 rings (SSSR count). The number of likely N-dealkylation sites (tertiary alicyclic amines) is 1. The van der Waals surface area contributed by atoms with Crippen LogP contribution in [0, 0.1) is 18.3 Å². The van der Waals surface area contributed by atoms with Crippen molar-refractivity contribution in [2.45, 2.75) is 33.7 Å². The monoisotopic (exact) mass is 323 g/mol. The minimum Gasteiger partial charge on any atom is -0.481 e. The molecule has 1 amide bonds. The zero-order valence-electron chi connectivity index (χ0n) is 14.2. The first-order chi connectivity index (χ1) is 10.8. The standard InChI is InChI=1S/C16H25N3O4/c1-11(2)8-19-12(3)13(7-17-19)14(20)18-6-5-16(9-18,10-23-4)15(21)22/h7,11H,5-6,8-10H2,1-4H3,(H,21,22). The van der Waals surface area contributed by atoms with Gasteiger partial charge in [-0.25, -0.2) is 0 Å². The van der Waals surface area contributed by atoms with E-state index in [-0.39, 0.29) is 19.1 Å². The fraction of sp³-hybridized carbons (Fsp3) is 0.688. The van der Waals surface area contributed by atoms with E-state index in [4.69, 9.17) is 4.74 Å². The Bertz CT molecular complexity index is 596. The largest absolute Gasteiger partial charge is 0.481 e. The first kappa shape index (κ1) is 17.5. The maximum absolute atomic E-state index is 12.7. The molecule has 1 N–H and O–H groups in total. The first-order valence-electron chi connectivity index (χ1n) is 7.85. The summed E-state index contributed by atoms with van der Waals surface area (Å²) in [6, 6.07) is 0. The van der Waals surface area contributed by atoms with Gasteiger partial charge in [0.2, 0.25) is 0 Å². The number of hydrogen-bond donors (Lipinski definition) is 1. The Morgan fingerprint density at radius 1 is 1.48 bits per heavy atom. The van der Waals surface area contributed by atoms with Crippen LogP contribution in [0.3, 0.4) is 0 Å². The Hall–Kier alpha value is -1.89. The Morgan fingerprint density at radius 3 is 2.74 bits per heavy atom. The van der Waals surface area contributed by atoms with Gasteiger partial charge in [-0.1, -0.05) is 13.8 Å². The van der Waals surface area contributed by atoms with Gasteiger partial charge in [-0.2, -0.15) is 5.10 Å². The number of hydrogen-bond acceptors (Lipinski definition) is 4. The number of carbonyl (C=O) groups is 2. The van der Waals surface area contributed by atoms with Crippen molar-refractivity contribution in [1.29, 1.82) is 0 Å². The second-order valence-electron chi connectivity index (χ2n) is 6.71. The molecule has 1 aliphatic rings. The van der Waals surface area contributed by atoms with E-state index >= 15 is 0 Å². The van der Waals surface area contributed by atoms with E-state index < -0.39 is 11.4 Å². The molecule has 0 aliphatic carbocycles. The maximum Gasteiger partial charge on any atom is 0.313 e. The summed E-state index contributed by atoms with van der Waals surface area (Å²) in [5.74, 6) is -0.636. The molecule has 7 heteroatoms. The van der Waals surface area contributed by atoms with Crippen LogP contribution < -0.4 is 0 Å². The number of ether oxygens (including phenoxy) is 1. The van der Waals surface area contributed by atoms with Crippen LogP contribution in [0.15, 0.2) is 6.20 Å². The smallest absolute Gasteiger partial charge is 0.313 e. The fourth-order valence-corrected chi connectivity index (χ4v) is 3.03. The van der Waals surface area contributed by atoms with Crippen LogP contribution in [0.5, 0.6) is 0 Å². The number of carboxylic acids is 1. The average molecular weight is 323 g/mol. The Balaban J connectivity index is 2.16. The molecule has 23 heavy (non-hydrogen) atoms. The first-order valence-corrected chi connectivity index (χ1v) is 7.85. The predicted molar refractivity (Wildman–Crippen MR) is 84.3 cm³/mol. The fourth-order valence-electron chi connectivity index (χ4n) is 3.03. The summed E-state index contributed by atoms with van der Waals surface area (Å²) in [6.07, 6.45) is 1.98. The summed E-state index contributed by atoms with van der Waals surface area (Å²) in [5.41, 5.74) is 0.360. The third-order valence-corrected chi connectivity index (χ3v) is 4.39. The number of aliphatic carboxylic acids is 1. The van der Waals surface area contributed by atoms with E-state index in [0.29, 0.717) is 24.4 Å². The van der Waals surface area contributed by atoms with E-state index in [2.05, 4.69) is 18.9 Å². The molecule has 0 radical (unpaired) electrons. The van der Waals surface area contributed by atoms with E-state index in [1.165, 1.54) is 7.11 Å². The van der Waals surface area contributed by atoms with Crippen molar-refractivity contribution in [3.63, 3.8) is 0 Å². The van der Waals surface area contributed by atoms with Gasteiger partial charge in [-0.3, -0.25) is 14.3 Å². The summed E-state index contributed by atoms with van der Waals surface area (Å²) < 4.78 is 6.89. The minimum atomic E-state index is -1.01. The van der Waals surface area contributed by atoms with Crippen molar-refractivity contribution in [2.24, 2.45) is 11.3 Å². The van der Waals surface area contributed by atoms with E-state index in [1.54, 1.807) is 11.1 Å². The second-order valence-corrected chi connectivity index (χ2v) is 6.71. The van der Waals surface area contributed by atoms with Crippen LogP contribution in [0.25, 0.3) is 0 Å². The van der Waals surface area contributed by atoms with E-state index in [0.717, 1.165) is 12.2 Å². The summed E-state index contributed by atoms with van der Waals surface area (Å²) in [6.45, 7) is 7.51. The highest BCUT2D eigenvalue weighted by molar-refractivity contribution is 5.95. The maximum atomic E-state index is 12.7. The average Bonchev–Trinajstić information content (AvgIpc) is 3.05. The zero-order valence-corrected chi connectivity index (χ0v) is 14.2. The molecule has 1 fully saturated rings. The molecule has 0 saturated carbocycles. The van der Waals surface area contributed by atoms with Crippen molar-refractivity contribution in [3.8, 4) is 0 Å². The van der Waals surface area contributed by atoms with Crippen LogP contribution in [-0.4, -0.2) is 58.5 Å². The van der Waals surface area contributed by atoms with Gasteiger partial charge in [0.15, 0.2) is 0 Å². The van der Waals surface area contributed by atoms with Crippen LogP contribution in [-0.2, 0) is 16.1 Å². The molecule has 2 heterocycles. The van der Waals surface area contributed by atoms with Crippen molar-refractivity contribution in [1.82, 2.24) is 14.7 Å². The van der Waals surface area contributed by atoms with Crippen molar-refractivity contribution < 1.29 is 19.4 Å². The van der Waals surface area contributed by atoms with Crippen molar-refractivity contribution >= 4 is 11.9 Å². The van der Waals surface area contributed by atoms with Gasteiger partial charge in [0.1, 0.15) is 5.41 Å². The lowest BCUT2D eigenvalue weighted by Crippen LogP contribution is -2.40. The molecule has 1 aliphatic heterocycles. The Morgan fingerprint density at radius 2 is 2.17 bits per heavy atom. The minimum absolute atomic E-state index is 0.109. The number of aromatic nitrogens is 2. The molecule has 1 saturated heterocycles. The van der Waals surface area contributed by atoms with E-state index in [1.807, 2.05) is 11.6 Å². The van der Waals surface area contributed by atoms with Crippen molar-refractivity contribution in [2.75, 3.05) is 26.8 Å². The predicted octanol–water partition coefficient (Wildman–Crippen LogP) is 1.41. The molecular formula is C16H25N3O4. The molecule has 7 nitrogen and oxygen atoms in total. The van der Waals surface area contributed by atoms with Gasteiger partial charge in [0, 0.05) is 32.4 Å². The number of nitrogens with zero attached hydrogens (tertiary/aromatic N) is 3. The lowest BCUT2D eigenvalue weighted by Gasteiger charge is -2.23. The van der Waals surface area contributed by atoms with Crippen molar-refractivity contribution in [3.05, 3.63) is 17.5 Å². The molecule has 1 atom stereocenters. The zero-order chi connectivity index (χ0) is 17.2. The van der Waals surface area contributed by atoms with Gasteiger partial charge in [-0.15, -0.1) is 0 Å². The highest BCUT2D eigenvalue weighted by Gasteiger charge is 2.46. The summed E-state index contributed by atoms with van der Waals surface area (Å²) in [5, 5.41) is 13.8. The quantitative estimate of drug-likeness (QED) is 0.855. The third kappa shape index (κ3) is 3.39. The normalized spacial score (nSPS) is 21.2. The summed E-state index contributed by atoms with van der Waals surface area (Å²) in [4.78, 5) is 25.9. The molecule has 128 valence electrons. The lowest BCUT2D eigenvalue weighted by atomic mass is 9.88. The van der Waals surface area contributed by atoms with Crippen LogP contribution in [0.2, 0.25) is 0 Å². The van der Waals surface area contributed by atoms with Crippen LogP contribution >= 0.6 is 0 Å². The Kier molecular flexibility index (Phi) is 5.09. The second kappa shape index (κ2) is 6.70. The summed E-state index contributed by atoms with van der Waals surface area (Å²) >= 11 is 0. The van der Waals surface area contributed by atoms with Gasteiger partial charge in [0.25, 0.3) is 5.91 Å². The number of rotatable bonds is 6. The highest BCUT2D eigenvalue weighted by Crippen LogP contribution is 2.32. The number of methoxy groups -OCH3 is 1. The van der Waals surface area contributed by atoms with Gasteiger partial charge in [-0.05, 0) is 19.3 Å². The number of carbonyl (C=O) groups excluding carboxylic acids is 1. The number of carboxylic acid groups (broad SMARTS) is 1. The molecule has 1 aromatic heterocycles. The SMILES string of the molecule is COCC1(C(=O)O)CCN(C(=O)c2cnn(CC(C)C)c2C)C1. The summed E-state index contributed by atoms with van der Waals surface area (Å²) in [7, 11) is 1.48. The molecule has 1 unspecified atom stereocenters. The molecule has 1 aromatic rings. The van der Waals surface area contributed by atoms with Gasteiger partial charge < -0.3 is 14.7 Å². The molecule has 0 spiro atoms. The molecular weight excluding hydrogens is 298 g/mol. The van der Waals surface area contributed by atoms with E-state index in [9.17, 15) is 14.7 Å². The topological polar surface area (TPSA) is 84.7 Å². The number of amides is 1.